The number of phenols is 1. The van der Waals surface area contributed by atoms with Gasteiger partial charge >= 0.3 is 12.4 Å². The van der Waals surface area contributed by atoms with E-state index in [0.29, 0.717) is 35.9 Å². The molecule has 332 valence electrons. The predicted octanol–water partition coefficient (Wildman–Crippen LogP) is 9.27. The zero-order valence-electron chi connectivity index (χ0n) is 34.6. The molecule has 0 radical (unpaired) electrons. The molecule has 0 spiro atoms. The molecule has 0 unspecified atom stereocenters. The van der Waals surface area contributed by atoms with E-state index in [4.69, 9.17) is 0 Å². The molecule has 2 amide bonds. The number of nitrogens with zero attached hydrogens (tertiary/aromatic N) is 2. The lowest BCUT2D eigenvalue weighted by molar-refractivity contribution is -0.137. The largest absolute Gasteiger partial charge is 0.508 e. The molecule has 5 N–H and O–H groups in total. The number of amides is 2. The van der Waals surface area contributed by atoms with Crippen molar-refractivity contribution < 1.29 is 45.4 Å². The van der Waals surface area contributed by atoms with Crippen molar-refractivity contribution in [3.63, 3.8) is 0 Å². The van der Waals surface area contributed by atoms with E-state index in [1.165, 1.54) is 12.3 Å². The summed E-state index contributed by atoms with van der Waals surface area (Å²) in [6.45, 7) is 12.3. The fourth-order valence-corrected chi connectivity index (χ4v) is 7.20. The number of benzene rings is 4. The maximum absolute atomic E-state index is 14.4. The number of anilines is 3. The van der Waals surface area contributed by atoms with Crippen molar-refractivity contribution >= 4 is 50.7 Å². The van der Waals surface area contributed by atoms with Gasteiger partial charge in [-0.15, -0.1) is 0 Å². The van der Waals surface area contributed by atoms with Crippen LogP contribution in [0.25, 0.3) is 21.8 Å². The summed E-state index contributed by atoms with van der Waals surface area (Å²) in [4.78, 5) is 59.8. The molecule has 7 rings (SSSR count). The molecule has 0 bridgehead atoms. The van der Waals surface area contributed by atoms with E-state index in [1.807, 2.05) is 4.90 Å². The van der Waals surface area contributed by atoms with Gasteiger partial charge in [-0.3, -0.25) is 24.1 Å². The van der Waals surface area contributed by atoms with Crippen molar-refractivity contribution in [2.45, 2.75) is 58.4 Å². The number of halogens is 7. The summed E-state index contributed by atoms with van der Waals surface area (Å²) in [5.41, 5.74) is -4.68. The smallest absolute Gasteiger partial charge is 0.418 e. The van der Waals surface area contributed by atoms with Crippen LogP contribution >= 0.6 is 0 Å². The van der Waals surface area contributed by atoms with E-state index >= 15 is 0 Å². The van der Waals surface area contributed by atoms with Crippen LogP contribution in [-0.2, 0) is 17.8 Å². The number of carbonyl (C=O) groups excluding carboxylic acids is 2. The van der Waals surface area contributed by atoms with Gasteiger partial charge in [0.25, 0.3) is 11.8 Å². The van der Waals surface area contributed by atoms with E-state index in [0.717, 1.165) is 55.7 Å². The van der Waals surface area contributed by atoms with Crippen LogP contribution in [0.1, 0.15) is 72.0 Å². The lowest BCUT2D eigenvalue weighted by Gasteiger charge is -2.38. The van der Waals surface area contributed by atoms with E-state index in [9.17, 15) is 55.0 Å². The Bertz CT molecular complexity index is 2820. The summed E-state index contributed by atoms with van der Waals surface area (Å²) in [5.74, 6) is -3.01. The number of aromatic nitrogens is 2. The van der Waals surface area contributed by atoms with Gasteiger partial charge in [0.2, 0.25) is 10.9 Å². The minimum atomic E-state index is -4.69. The number of pyridine rings is 2. The fraction of sp³-hybridized carbons (Fsp3) is 0.289. The maximum atomic E-state index is 14.4. The molecular weight excluding hydrogens is 838 g/mol. The van der Waals surface area contributed by atoms with Crippen molar-refractivity contribution in [1.82, 2.24) is 14.9 Å². The van der Waals surface area contributed by atoms with Gasteiger partial charge in [0, 0.05) is 78.2 Å². The summed E-state index contributed by atoms with van der Waals surface area (Å²) in [5, 5.41) is 14.6. The Morgan fingerprint density at radius 2 is 1.25 bits per heavy atom. The number of phenolic OH excluding ortho intramolecular Hbond substituents is 1. The second-order valence-corrected chi connectivity index (χ2v) is 16.2. The molecule has 2 aromatic heterocycles. The van der Waals surface area contributed by atoms with Crippen LogP contribution in [0.15, 0.2) is 94.8 Å². The van der Waals surface area contributed by atoms with Crippen LogP contribution in [-0.4, -0.2) is 64.0 Å². The molecule has 1 saturated heterocycles. The standard InChI is InChI=1S/C24H25F3N4O2.C21H18F4N2O3/c1-15(2)30-9-11-31(12-10-30)16-7-8-21(19(13-16)24(25,26)27)29-23(33)18-14-28-20-6-4-3-5-17(20)22(18)32;1-20(2,3)13-7-14(22)15(8-16(13)28)27-19(30)11-9-26-17-10(18(11)29)5-4-6-12(17)21(23,24)25/h3-8,13-15H,9-12H2,1-2H3,(H,28,32)(H,29,33);4-9,28H,1-3H3,(H,26,29)(H,27,30). The molecule has 1 aliphatic rings. The van der Waals surface area contributed by atoms with Gasteiger partial charge in [0.05, 0.1) is 28.0 Å². The molecule has 11 nitrogen and oxygen atoms in total. The Morgan fingerprint density at radius 1 is 0.683 bits per heavy atom. The lowest BCUT2D eigenvalue weighted by Crippen LogP contribution is -2.48. The SMILES string of the molecule is CC(C)(C)c1cc(F)c(NC(=O)c2c[nH]c3c(C(F)(F)F)cccc3c2=O)cc1O.CC(C)N1CCN(c2ccc(NC(=O)c3c[nH]c4ccccc4c3=O)c(C(F)(F)F)c2)CC1. The number of H-pyrrole nitrogens is 2. The highest BCUT2D eigenvalue weighted by Gasteiger charge is 2.36. The quantitative estimate of drug-likeness (QED) is 0.105. The Morgan fingerprint density at radius 3 is 1.86 bits per heavy atom. The molecule has 1 fully saturated rings. The molecule has 6 aromatic rings. The van der Waals surface area contributed by atoms with Crippen LogP contribution in [0.5, 0.6) is 5.75 Å². The van der Waals surface area contributed by atoms with Crippen LogP contribution in [0, 0.1) is 5.82 Å². The summed E-state index contributed by atoms with van der Waals surface area (Å²) in [7, 11) is 0. The number of aromatic hydroxyl groups is 1. The number of nitrogens with one attached hydrogen (secondary N) is 4. The van der Waals surface area contributed by atoms with E-state index in [1.54, 1.807) is 51.1 Å². The highest BCUT2D eigenvalue weighted by molar-refractivity contribution is 6.07. The topological polar surface area (TPSA) is 151 Å². The van der Waals surface area contributed by atoms with E-state index in [-0.39, 0.29) is 33.5 Å². The molecule has 63 heavy (non-hydrogen) atoms. The number of rotatable bonds is 6. The molecular formula is C45H43F7N6O5. The molecule has 4 aromatic carbocycles. The first kappa shape index (κ1) is 45.8. The van der Waals surface area contributed by atoms with Crippen molar-refractivity contribution in [2.75, 3.05) is 41.7 Å². The molecule has 0 aliphatic carbocycles. The average molecular weight is 881 g/mol. The van der Waals surface area contributed by atoms with Gasteiger partial charge in [-0.2, -0.15) is 26.3 Å². The third-order valence-electron chi connectivity index (χ3n) is 10.6. The van der Waals surface area contributed by atoms with Gasteiger partial charge in [-0.05, 0) is 67.8 Å². The Labute approximate surface area is 355 Å². The number of para-hydroxylation sites is 2. The fourth-order valence-electron chi connectivity index (χ4n) is 7.20. The molecule has 0 atom stereocenters. The van der Waals surface area contributed by atoms with E-state index < -0.39 is 68.5 Å². The normalized spacial score (nSPS) is 13.8. The van der Waals surface area contributed by atoms with Gasteiger partial charge in [-0.1, -0.05) is 39.0 Å². The van der Waals surface area contributed by atoms with Gasteiger partial charge in [0.15, 0.2) is 0 Å². The number of hydrogen-bond acceptors (Lipinski definition) is 7. The first-order valence-electron chi connectivity index (χ1n) is 19.6. The highest BCUT2D eigenvalue weighted by Crippen LogP contribution is 2.38. The zero-order valence-corrected chi connectivity index (χ0v) is 34.6. The van der Waals surface area contributed by atoms with Crippen molar-refractivity contribution in [3.05, 3.63) is 139 Å². The first-order valence-corrected chi connectivity index (χ1v) is 19.6. The van der Waals surface area contributed by atoms with Crippen LogP contribution in [0.2, 0.25) is 0 Å². The van der Waals surface area contributed by atoms with Crippen molar-refractivity contribution in [1.29, 1.82) is 0 Å². The summed E-state index contributed by atoms with van der Waals surface area (Å²) in [6, 6.07) is 16.0. The number of alkyl halides is 6. The van der Waals surface area contributed by atoms with Crippen LogP contribution in [0.4, 0.5) is 47.8 Å². The monoisotopic (exact) mass is 880 g/mol. The van der Waals surface area contributed by atoms with Crippen molar-refractivity contribution in [3.8, 4) is 5.75 Å². The number of piperazine rings is 1. The summed E-state index contributed by atoms with van der Waals surface area (Å²) in [6.07, 6.45) is -7.30. The van der Waals surface area contributed by atoms with Gasteiger partial charge in [-0.25, -0.2) is 4.39 Å². The van der Waals surface area contributed by atoms with Gasteiger partial charge in [0.1, 0.15) is 22.7 Å². The van der Waals surface area contributed by atoms with Crippen LogP contribution in [0.3, 0.4) is 0 Å². The Kier molecular flexibility index (Phi) is 12.8. The lowest BCUT2D eigenvalue weighted by atomic mass is 9.86. The summed E-state index contributed by atoms with van der Waals surface area (Å²) < 4.78 is 95.4. The number of hydrogen-bond donors (Lipinski definition) is 5. The number of aromatic amines is 2. The predicted molar refractivity (Wildman–Crippen MR) is 227 cm³/mol. The number of carbonyl (C=O) groups is 2. The molecule has 3 heterocycles. The highest BCUT2D eigenvalue weighted by atomic mass is 19.4. The maximum Gasteiger partial charge on any atom is 0.418 e. The Hall–Kier alpha value is -6.69. The third-order valence-corrected chi connectivity index (χ3v) is 10.6. The molecule has 18 heteroatoms. The number of fused-ring (bicyclic) bond motifs is 2. The molecule has 1 aliphatic heterocycles. The Balaban J connectivity index is 0.000000211. The third kappa shape index (κ3) is 10.0. The van der Waals surface area contributed by atoms with Crippen molar-refractivity contribution in [2.24, 2.45) is 0 Å². The zero-order chi connectivity index (χ0) is 46.2. The first-order chi connectivity index (χ1) is 29.4. The van der Waals surface area contributed by atoms with Gasteiger partial charge < -0.3 is 30.6 Å². The molecule has 0 saturated carbocycles. The average Bonchev–Trinajstić information content (AvgIpc) is 3.21. The minimum absolute atomic E-state index is 0.249. The second kappa shape index (κ2) is 17.6. The van der Waals surface area contributed by atoms with E-state index in [2.05, 4.69) is 39.3 Å². The summed E-state index contributed by atoms with van der Waals surface area (Å²) >= 11 is 0. The minimum Gasteiger partial charge on any atom is -0.508 e. The van der Waals surface area contributed by atoms with Crippen LogP contribution < -0.4 is 26.4 Å². The second-order valence-electron chi connectivity index (χ2n) is 16.2.